The number of hydrogen-bond acceptors (Lipinski definition) is 4. The largest absolute Gasteiger partial charge is 0.465 e. The fourth-order valence-electron chi connectivity index (χ4n) is 3.74. The summed E-state index contributed by atoms with van der Waals surface area (Å²) in [5.41, 5.74) is 1.19. The molecule has 0 bridgehead atoms. The first-order valence-electron chi connectivity index (χ1n) is 9.11. The minimum absolute atomic E-state index is 0.0481. The zero-order chi connectivity index (χ0) is 20.4. The van der Waals surface area contributed by atoms with Crippen LogP contribution >= 0.6 is 11.6 Å². The Labute approximate surface area is 166 Å². The first-order chi connectivity index (χ1) is 12.5. The number of carbonyl (C=O) groups excluding carboxylic acids is 1. The average molecular weight is 397 g/mol. The number of methoxy groups -OCH3 is 1. The van der Waals surface area contributed by atoms with Crippen LogP contribution in [-0.2, 0) is 11.3 Å². The first kappa shape index (κ1) is 21.5. The lowest BCUT2D eigenvalue weighted by molar-refractivity contribution is 0.0243. The number of carbonyl (C=O) groups is 2. The molecule has 1 heterocycles. The highest BCUT2D eigenvalue weighted by Gasteiger charge is 2.39. The van der Waals surface area contributed by atoms with Gasteiger partial charge in [0.25, 0.3) is 0 Å². The molecule has 1 fully saturated rings. The maximum atomic E-state index is 11.8. The Morgan fingerprint density at radius 2 is 2.04 bits per heavy atom. The summed E-state index contributed by atoms with van der Waals surface area (Å²) in [5, 5.41) is 10.1. The summed E-state index contributed by atoms with van der Waals surface area (Å²) < 4.78 is 4.78. The van der Waals surface area contributed by atoms with Gasteiger partial charge >= 0.3 is 12.1 Å². The second-order valence-electron chi connectivity index (χ2n) is 8.25. The third kappa shape index (κ3) is 5.14. The van der Waals surface area contributed by atoms with E-state index in [2.05, 4.69) is 25.7 Å². The number of likely N-dealkylation sites (tertiary alicyclic amines) is 1. The van der Waals surface area contributed by atoms with Gasteiger partial charge in [0.1, 0.15) is 0 Å². The second kappa shape index (κ2) is 8.48. The van der Waals surface area contributed by atoms with Crippen LogP contribution in [-0.4, -0.2) is 59.8 Å². The van der Waals surface area contributed by atoms with Crippen LogP contribution in [0.25, 0.3) is 0 Å². The van der Waals surface area contributed by atoms with Crippen molar-refractivity contribution in [1.82, 2.24) is 9.80 Å². The number of nitrogens with zero attached hydrogens (tertiary/aromatic N) is 2. The van der Waals surface area contributed by atoms with Crippen molar-refractivity contribution >= 4 is 23.7 Å². The maximum absolute atomic E-state index is 11.8. The Morgan fingerprint density at radius 1 is 1.37 bits per heavy atom. The lowest BCUT2D eigenvalue weighted by Crippen LogP contribution is -2.55. The van der Waals surface area contributed by atoms with Crippen molar-refractivity contribution in [3.63, 3.8) is 0 Å². The highest BCUT2D eigenvalue weighted by molar-refractivity contribution is 6.31. The van der Waals surface area contributed by atoms with Gasteiger partial charge in [0.05, 0.1) is 12.7 Å². The third-order valence-corrected chi connectivity index (χ3v) is 5.70. The lowest BCUT2D eigenvalue weighted by atomic mass is 9.79. The Morgan fingerprint density at radius 3 is 2.59 bits per heavy atom. The number of ether oxygens (including phenoxy) is 1. The predicted molar refractivity (Wildman–Crippen MR) is 105 cm³/mol. The zero-order valence-corrected chi connectivity index (χ0v) is 17.4. The van der Waals surface area contributed by atoms with Gasteiger partial charge < -0.3 is 14.7 Å². The van der Waals surface area contributed by atoms with E-state index in [-0.39, 0.29) is 17.5 Å². The number of benzene rings is 1. The Bertz CT molecular complexity index is 702. The number of hydrogen-bond donors (Lipinski definition) is 1. The molecule has 0 aliphatic carbocycles. The molecule has 150 valence electrons. The molecular formula is C20H29ClN2O4. The van der Waals surface area contributed by atoms with Gasteiger partial charge in [0.2, 0.25) is 0 Å². The van der Waals surface area contributed by atoms with Crippen LogP contribution in [0.3, 0.4) is 0 Å². The van der Waals surface area contributed by atoms with E-state index in [4.69, 9.17) is 16.3 Å². The molecule has 0 saturated carbocycles. The average Bonchev–Trinajstić information content (AvgIpc) is 2.61. The third-order valence-electron chi connectivity index (χ3n) is 5.33. The normalized spacial score (nSPS) is 20.6. The summed E-state index contributed by atoms with van der Waals surface area (Å²) in [6.07, 6.45) is 0.675. The van der Waals surface area contributed by atoms with Gasteiger partial charge in [-0.25, -0.2) is 9.59 Å². The molecule has 1 aromatic carbocycles. The van der Waals surface area contributed by atoms with Gasteiger partial charge in [-0.15, -0.1) is 0 Å². The molecule has 0 aromatic heterocycles. The number of esters is 1. The molecule has 2 atom stereocenters. The molecule has 1 amide bonds. The molecule has 0 radical (unpaired) electrons. The minimum Gasteiger partial charge on any atom is -0.465 e. The van der Waals surface area contributed by atoms with Gasteiger partial charge in [0.15, 0.2) is 0 Å². The number of amides is 1. The summed E-state index contributed by atoms with van der Waals surface area (Å²) in [5.74, 6) is -0.391. The number of carboxylic acid groups (broad SMARTS) is 1. The van der Waals surface area contributed by atoms with E-state index in [0.29, 0.717) is 23.7 Å². The topological polar surface area (TPSA) is 70.1 Å². The van der Waals surface area contributed by atoms with E-state index in [1.165, 1.54) is 7.11 Å². The number of rotatable bonds is 4. The number of halogens is 1. The van der Waals surface area contributed by atoms with Gasteiger partial charge in [-0.3, -0.25) is 4.90 Å². The van der Waals surface area contributed by atoms with Crippen LogP contribution in [0, 0.1) is 5.41 Å². The molecule has 27 heavy (non-hydrogen) atoms. The Kier molecular flexibility index (Phi) is 6.76. The summed E-state index contributed by atoms with van der Waals surface area (Å²) in [6, 6.07) is 5.31. The van der Waals surface area contributed by atoms with Crippen molar-refractivity contribution in [3.05, 3.63) is 34.3 Å². The quantitative estimate of drug-likeness (QED) is 0.775. The van der Waals surface area contributed by atoms with Crippen LogP contribution in [0.4, 0.5) is 4.79 Å². The van der Waals surface area contributed by atoms with Crippen molar-refractivity contribution in [2.24, 2.45) is 5.41 Å². The van der Waals surface area contributed by atoms with Gasteiger partial charge in [-0.1, -0.05) is 32.4 Å². The van der Waals surface area contributed by atoms with Crippen molar-refractivity contribution in [3.8, 4) is 0 Å². The highest BCUT2D eigenvalue weighted by Crippen LogP contribution is 2.34. The molecule has 1 saturated heterocycles. The van der Waals surface area contributed by atoms with Crippen LogP contribution < -0.4 is 0 Å². The minimum atomic E-state index is -0.857. The van der Waals surface area contributed by atoms with Gasteiger partial charge in [-0.05, 0) is 49.1 Å². The van der Waals surface area contributed by atoms with Crippen LogP contribution in [0.5, 0.6) is 0 Å². The molecule has 2 rings (SSSR count). The predicted octanol–water partition coefficient (Wildman–Crippen LogP) is 4.12. The monoisotopic (exact) mass is 396 g/mol. The SMILES string of the molecule is COC(=O)c1ccc(Cl)c(CN(C)C2CCN(C(=O)O)C(C(C)(C)C)C2)c1. The summed E-state index contributed by atoms with van der Waals surface area (Å²) in [7, 11) is 3.37. The smallest absolute Gasteiger partial charge is 0.407 e. The molecule has 1 aromatic rings. The van der Waals surface area contributed by atoms with E-state index in [9.17, 15) is 14.7 Å². The fourth-order valence-corrected chi connectivity index (χ4v) is 3.91. The maximum Gasteiger partial charge on any atom is 0.407 e. The van der Waals surface area contributed by atoms with Crippen LogP contribution in [0.15, 0.2) is 18.2 Å². The fraction of sp³-hybridized carbons (Fsp3) is 0.600. The lowest BCUT2D eigenvalue weighted by Gasteiger charge is -2.46. The molecule has 6 nitrogen and oxygen atoms in total. The summed E-state index contributed by atoms with van der Waals surface area (Å²) in [6.45, 7) is 7.33. The van der Waals surface area contributed by atoms with Crippen LogP contribution in [0.2, 0.25) is 5.02 Å². The van der Waals surface area contributed by atoms with Crippen molar-refractivity contribution < 1.29 is 19.4 Å². The zero-order valence-electron chi connectivity index (χ0n) is 16.7. The Hall–Kier alpha value is -1.79. The van der Waals surface area contributed by atoms with E-state index in [0.717, 1.165) is 18.4 Å². The number of piperidine rings is 1. The van der Waals surface area contributed by atoms with E-state index in [1.807, 2.05) is 7.05 Å². The van der Waals surface area contributed by atoms with Gasteiger partial charge in [0, 0.05) is 30.2 Å². The first-order valence-corrected chi connectivity index (χ1v) is 9.49. The van der Waals surface area contributed by atoms with E-state index >= 15 is 0 Å². The van der Waals surface area contributed by atoms with Gasteiger partial charge in [-0.2, -0.15) is 0 Å². The molecule has 1 aliphatic rings. The molecule has 1 N–H and O–H groups in total. The summed E-state index contributed by atoms with van der Waals surface area (Å²) in [4.78, 5) is 27.1. The second-order valence-corrected chi connectivity index (χ2v) is 8.66. The van der Waals surface area contributed by atoms with Crippen LogP contribution in [0.1, 0.15) is 49.5 Å². The molecule has 2 unspecified atom stereocenters. The molecule has 7 heteroatoms. The van der Waals surface area contributed by atoms with E-state index < -0.39 is 12.1 Å². The molecule has 1 aliphatic heterocycles. The van der Waals surface area contributed by atoms with Crippen molar-refractivity contribution in [2.45, 2.75) is 52.2 Å². The molecular weight excluding hydrogens is 368 g/mol. The van der Waals surface area contributed by atoms with E-state index in [1.54, 1.807) is 23.1 Å². The van der Waals surface area contributed by atoms with Crippen molar-refractivity contribution in [2.75, 3.05) is 20.7 Å². The standard InChI is InChI=1S/C20H29ClN2O4/c1-20(2,3)17-11-15(8-9-23(17)19(25)26)22(4)12-14-10-13(18(24)27-5)6-7-16(14)21/h6-7,10,15,17H,8-9,11-12H2,1-5H3,(H,25,26). The summed E-state index contributed by atoms with van der Waals surface area (Å²) >= 11 is 6.33. The molecule has 0 spiro atoms. The van der Waals surface area contributed by atoms with Crippen molar-refractivity contribution in [1.29, 1.82) is 0 Å². The Balaban J connectivity index is 2.15. The highest BCUT2D eigenvalue weighted by atomic mass is 35.5.